The Morgan fingerprint density at radius 3 is 2.65 bits per heavy atom. The number of benzene rings is 1. The fraction of sp³-hybridized carbons (Fsp3) is 0.542. The van der Waals surface area contributed by atoms with E-state index in [4.69, 9.17) is 0 Å². The van der Waals surface area contributed by atoms with Gasteiger partial charge in [-0.05, 0) is 68.7 Å². The molecule has 1 aromatic carbocycles. The number of rotatable bonds is 4. The second-order valence-electron chi connectivity index (χ2n) is 9.07. The number of aromatic nitrogens is 2. The van der Waals surface area contributed by atoms with Crippen molar-refractivity contribution in [3.63, 3.8) is 0 Å². The molecule has 7 heteroatoms. The van der Waals surface area contributed by atoms with Gasteiger partial charge < -0.3 is 9.80 Å². The van der Waals surface area contributed by atoms with Crippen LogP contribution in [-0.4, -0.2) is 51.4 Å². The molecular formula is C24H31FN4O2. The van der Waals surface area contributed by atoms with E-state index in [1.54, 1.807) is 19.2 Å². The van der Waals surface area contributed by atoms with E-state index >= 15 is 0 Å². The molecule has 0 saturated carbocycles. The van der Waals surface area contributed by atoms with E-state index < -0.39 is 5.41 Å². The van der Waals surface area contributed by atoms with Gasteiger partial charge in [0.15, 0.2) is 0 Å². The average Bonchev–Trinajstić information content (AvgIpc) is 3.19. The molecule has 2 amide bonds. The summed E-state index contributed by atoms with van der Waals surface area (Å²) in [5.74, 6) is -0.125. The Labute approximate surface area is 182 Å². The maximum absolute atomic E-state index is 14.2. The van der Waals surface area contributed by atoms with Crippen molar-refractivity contribution in [3.05, 3.63) is 53.1 Å². The molecule has 2 saturated heterocycles. The highest BCUT2D eigenvalue weighted by Gasteiger charge is 2.46. The third-order valence-corrected chi connectivity index (χ3v) is 7.02. The molecule has 31 heavy (non-hydrogen) atoms. The lowest BCUT2D eigenvalue weighted by Crippen LogP contribution is -2.53. The van der Waals surface area contributed by atoms with Crippen LogP contribution < -0.4 is 0 Å². The molecule has 1 aromatic heterocycles. The first-order chi connectivity index (χ1) is 14.9. The number of H-pyrrole nitrogens is 1. The van der Waals surface area contributed by atoms with Crippen molar-refractivity contribution in [3.8, 4) is 0 Å². The summed E-state index contributed by atoms with van der Waals surface area (Å²) in [4.78, 5) is 29.9. The maximum atomic E-state index is 14.2. The van der Waals surface area contributed by atoms with E-state index in [0.717, 1.165) is 36.1 Å². The molecule has 6 nitrogen and oxygen atoms in total. The Hall–Kier alpha value is -2.70. The lowest BCUT2D eigenvalue weighted by molar-refractivity contribution is -0.151. The van der Waals surface area contributed by atoms with Crippen LogP contribution in [0, 0.1) is 18.2 Å². The number of likely N-dealkylation sites (tertiary alicyclic amines) is 2. The Bertz CT molecular complexity index is 949. The van der Waals surface area contributed by atoms with Crippen molar-refractivity contribution >= 4 is 11.8 Å². The molecule has 0 bridgehead atoms. The third kappa shape index (κ3) is 4.36. The highest BCUT2D eigenvalue weighted by atomic mass is 19.1. The van der Waals surface area contributed by atoms with Gasteiger partial charge in [0.2, 0.25) is 11.8 Å². The summed E-state index contributed by atoms with van der Waals surface area (Å²) in [6.07, 6.45) is 6.43. The summed E-state index contributed by atoms with van der Waals surface area (Å²) in [6.45, 7) is 5.41. The van der Waals surface area contributed by atoms with Crippen LogP contribution in [0.3, 0.4) is 0 Å². The lowest BCUT2D eigenvalue weighted by Gasteiger charge is -2.46. The minimum atomic E-state index is -0.636. The predicted octanol–water partition coefficient (Wildman–Crippen LogP) is 3.78. The van der Waals surface area contributed by atoms with Crippen molar-refractivity contribution in [1.82, 2.24) is 20.0 Å². The van der Waals surface area contributed by atoms with Gasteiger partial charge in [0.25, 0.3) is 0 Å². The summed E-state index contributed by atoms with van der Waals surface area (Å²) in [5.41, 5.74) is 2.27. The van der Waals surface area contributed by atoms with Crippen molar-refractivity contribution in [2.75, 3.05) is 19.6 Å². The smallest absolute Gasteiger partial charge is 0.229 e. The zero-order valence-electron chi connectivity index (χ0n) is 18.4. The number of hydrogen-bond acceptors (Lipinski definition) is 3. The molecule has 2 fully saturated rings. The van der Waals surface area contributed by atoms with E-state index in [0.29, 0.717) is 38.9 Å². The number of nitrogens with one attached hydrogen (secondary N) is 1. The Kier molecular flexibility index (Phi) is 6.12. The Morgan fingerprint density at radius 1 is 1.23 bits per heavy atom. The number of aromatic amines is 1. The van der Waals surface area contributed by atoms with Crippen molar-refractivity contribution in [2.24, 2.45) is 5.41 Å². The highest BCUT2D eigenvalue weighted by molar-refractivity contribution is 5.84. The summed E-state index contributed by atoms with van der Waals surface area (Å²) < 4.78 is 13.9. The Morgan fingerprint density at radius 2 is 2.00 bits per heavy atom. The monoisotopic (exact) mass is 426 g/mol. The summed E-state index contributed by atoms with van der Waals surface area (Å²) in [7, 11) is 0. The molecule has 0 aliphatic carbocycles. The minimum Gasteiger partial charge on any atom is -0.343 e. The summed E-state index contributed by atoms with van der Waals surface area (Å²) >= 11 is 0. The molecule has 1 atom stereocenters. The van der Waals surface area contributed by atoms with E-state index in [1.165, 1.54) is 12.1 Å². The van der Waals surface area contributed by atoms with Gasteiger partial charge in [-0.2, -0.15) is 5.10 Å². The third-order valence-electron chi connectivity index (χ3n) is 7.02. The molecular weight excluding hydrogens is 395 g/mol. The van der Waals surface area contributed by atoms with Crippen LogP contribution >= 0.6 is 0 Å². The number of nitrogens with zero attached hydrogens (tertiary/aromatic N) is 3. The first kappa shape index (κ1) is 21.5. The van der Waals surface area contributed by atoms with Crippen molar-refractivity contribution in [2.45, 2.75) is 58.4 Å². The van der Waals surface area contributed by atoms with Gasteiger partial charge in [-0.1, -0.05) is 12.1 Å². The number of piperidine rings is 2. The van der Waals surface area contributed by atoms with Crippen LogP contribution in [0.5, 0.6) is 0 Å². The molecule has 2 aliphatic heterocycles. The van der Waals surface area contributed by atoms with E-state index in [9.17, 15) is 14.0 Å². The van der Waals surface area contributed by atoms with Crippen LogP contribution in [0.2, 0.25) is 0 Å². The molecule has 2 aliphatic rings. The minimum absolute atomic E-state index is 0.0148. The van der Waals surface area contributed by atoms with Gasteiger partial charge in [0, 0.05) is 26.6 Å². The second-order valence-corrected chi connectivity index (χ2v) is 9.07. The topological polar surface area (TPSA) is 69.3 Å². The van der Waals surface area contributed by atoms with Crippen LogP contribution in [0.1, 0.15) is 61.9 Å². The van der Waals surface area contributed by atoms with Gasteiger partial charge in [0.05, 0.1) is 23.3 Å². The van der Waals surface area contributed by atoms with E-state index in [2.05, 4.69) is 10.2 Å². The number of carbonyl (C=O) groups excluding carboxylic acids is 2. The largest absolute Gasteiger partial charge is 0.343 e. The number of halogens is 1. The second kappa shape index (κ2) is 8.81. The molecule has 1 N–H and O–H groups in total. The average molecular weight is 427 g/mol. The maximum Gasteiger partial charge on any atom is 0.229 e. The molecule has 0 radical (unpaired) electrons. The van der Waals surface area contributed by atoms with Crippen LogP contribution in [0.4, 0.5) is 4.39 Å². The van der Waals surface area contributed by atoms with Crippen molar-refractivity contribution < 1.29 is 14.0 Å². The molecule has 2 aromatic rings. The van der Waals surface area contributed by atoms with Gasteiger partial charge >= 0.3 is 0 Å². The summed E-state index contributed by atoms with van der Waals surface area (Å²) in [5, 5.41) is 7.29. The van der Waals surface area contributed by atoms with Gasteiger partial charge in [-0.25, -0.2) is 4.39 Å². The zero-order chi connectivity index (χ0) is 22.0. The zero-order valence-corrected chi connectivity index (χ0v) is 18.4. The number of amides is 2. The number of carbonyl (C=O) groups is 2. The van der Waals surface area contributed by atoms with Crippen LogP contribution in [-0.2, 0) is 16.0 Å². The summed E-state index contributed by atoms with van der Waals surface area (Å²) in [6, 6.07) is 6.53. The molecule has 3 heterocycles. The molecule has 1 unspecified atom stereocenters. The van der Waals surface area contributed by atoms with Crippen molar-refractivity contribution in [1.29, 1.82) is 0 Å². The lowest BCUT2D eigenvalue weighted by atomic mass is 9.72. The number of hydrogen-bond donors (Lipinski definition) is 1. The molecule has 4 rings (SSSR count). The molecule has 166 valence electrons. The van der Waals surface area contributed by atoms with Gasteiger partial charge in [-0.15, -0.1) is 0 Å². The van der Waals surface area contributed by atoms with E-state index in [1.807, 2.05) is 22.8 Å². The Balaban J connectivity index is 1.66. The quantitative estimate of drug-likeness (QED) is 0.809. The fourth-order valence-electron chi connectivity index (χ4n) is 5.23. The SMILES string of the molecule is CC(=O)N1CCC(Cc2cccc(F)c2)(C(=O)N2CCCCC2c2[nH]ncc2C)CC1. The van der Waals surface area contributed by atoms with Gasteiger partial charge in [-0.3, -0.25) is 14.7 Å². The number of aryl methyl sites for hydroxylation is 1. The van der Waals surface area contributed by atoms with E-state index in [-0.39, 0.29) is 23.7 Å². The molecule has 0 spiro atoms. The predicted molar refractivity (Wildman–Crippen MR) is 116 cm³/mol. The fourth-order valence-corrected chi connectivity index (χ4v) is 5.23. The van der Waals surface area contributed by atoms with Gasteiger partial charge in [0.1, 0.15) is 5.82 Å². The first-order valence-corrected chi connectivity index (χ1v) is 11.2. The highest BCUT2D eigenvalue weighted by Crippen LogP contribution is 2.41. The standard InChI is InChI=1S/C24H31FN4O2/c1-17-16-26-27-22(17)21-8-3-4-11-29(21)23(31)24(9-12-28(13-10-24)18(2)30)15-19-6-5-7-20(25)14-19/h5-7,14,16,21H,3-4,8-13,15H2,1-2H3,(H,26,27). The normalized spacial score (nSPS) is 21.2. The first-order valence-electron chi connectivity index (χ1n) is 11.2. The van der Waals surface area contributed by atoms with Crippen LogP contribution in [0.25, 0.3) is 0 Å². The van der Waals surface area contributed by atoms with Crippen LogP contribution in [0.15, 0.2) is 30.5 Å².